The molecule has 0 heterocycles. The summed E-state index contributed by atoms with van der Waals surface area (Å²) in [5.41, 5.74) is 12.9. The fraction of sp³-hybridized carbons (Fsp3) is 0.389. The molecule has 5 heteroatoms. The first-order valence-electron chi connectivity index (χ1n) is 14.2. The molecule has 0 bridgehead atoms. The summed E-state index contributed by atoms with van der Waals surface area (Å²) in [6, 6.07) is 25.3. The van der Waals surface area contributed by atoms with Gasteiger partial charge in [-0.1, -0.05) is 127 Å². The molecule has 0 saturated carbocycles. The first kappa shape index (κ1) is 39.9. The van der Waals surface area contributed by atoms with Gasteiger partial charge in [0, 0.05) is 5.41 Å². The zero-order valence-corrected chi connectivity index (χ0v) is 31.1. The van der Waals surface area contributed by atoms with Crippen molar-refractivity contribution in [2.75, 3.05) is 0 Å². The van der Waals surface area contributed by atoms with E-state index in [4.69, 9.17) is 0 Å². The van der Waals surface area contributed by atoms with E-state index in [-0.39, 0.29) is 58.9 Å². The summed E-state index contributed by atoms with van der Waals surface area (Å²) in [4.78, 5) is 0. The predicted octanol–water partition coefficient (Wildman–Crippen LogP) is 0.988. The minimum absolute atomic E-state index is 0. The molecule has 0 N–H and O–H groups in total. The molecule has 3 aromatic carbocycles. The largest absolute Gasteiger partial charge is 4.00 e. The van der Waals surface area contributed by atoms with Gasteiger partial charge >= 0.3 is 21.7 Å². The van der Waals surface area contributed by atoms with Crippen LogP contribution in [0.4, 0.5) is 0 Å². The molecule has 3 aromatic rings. The van der Waals surface area contributed by atoms with Crippen LogP contribution in [0.15, 0.2) is 71.4 Å². The number of aryl methyl sites for hydroxylation is 6. The van der Waals surface area contributed by atoms with E-state index in [0.717, 1.165) is 6.42 Å². The van der Waals surface area contributed by atoms with Crippen LogP contribution >= 0.6 is 0 Å². The molecule has 1 aliphatic rings. The van der Waals surface area contributed by atoms with Crippen molar-refractivity contribution in [1.29, 1.82) is 0 Å². The minimum atomic E-state index is -1.52. The summed E-state index contributed by atoms with van der Waals surface area (Å²) in [6.45, 7) is 20.7. The Morgan fingerprint density at radius 1 is 0.561 bits per heavy atom. The van der Waals surface area contributed by atoms with Crippen molar-refractivity contribution in [1.82, 2.24) is 0 Å². The Balaban J connectivity index is 0.00000400. The molecule has 0 fully saturated rings. The third-order valence-corrected chi connectivity index (χ3v) is 14.5. The third kappa shape index (κ3) is 7.72. The van der Waals surface area contributed by atoms with Crippen molar-refractivity contribution >= 4 is 8.07 Å². The van der Waals surface area contributed by atoms with Gasteiger partial charge in [-0.25, -0.2) is 11.6 Å². The number of benzene rings is 3. The SMILES string of the molecule is CC[Si](CC)(CC)C1=[C-]C(C(c2cc(C)cc(C)c2)(c2cc(C)cc(C)c2)c2cc(C)cc(C)c2)=CC1.[Cl-].[Cl-].[Cl-].[Ti+4]. The Kier molecular flexibility index (Phi) is 15.7. The summed E-state index contributed by atoms with van der Waals surface area (Å²) in [5.74, 6) is 0. The Morgan fingerprint density at radius 3 is 1.12 bits per heavy atom. The van der Waals surface area contributed by atoms with Crippen molar-refractivity contribution in [3.63, 3.8) is 0 Å². The molecule has 4 rings (SSSR count). The van der Waals surface area contributed by atoms with Crippen LogP contribution < -0.4 is 37.2 Å². The van der Waals surface area contributed by atoms with Gasteiger partial charge in [0.1, 0.15) is 0 Å². The molecule has 1 aliphatic carbocycles. The third-order valence-electron chi connectivity index (χ3n) is 8.83. The van der Waals surface area contributed by atoms with Gasteiger partial charge in [-0.15, -0.1) is 6.42 Å². The molecule has 0 saturated heterocycles. The van der Waals surface area contributed by atoms with E-state index < -0.39 is 13.5 Å². The Labute approximate surface area is 285 Å². The summed E-state index contributed by atoms with van der Waals surface area (Å²) in [6.07, 6.45) is 7.76. The molecule has 0 aliphatic heterocycles. The van der Waals surface area contributed by atoms with Gasteiger partial charge in [-0.3, -0.25) is 6.08 Å². The first-order valence-corrected chi connectivity index (χ1v) is 16.8. The van der Waals surface area contributed by atoms with Crippen molar-refractivity contribution in [3.8, 4) is 0 Å². The van der Waals surface area contributed by atoms with Gasteiger partial charge in [-0.05, 0) is 58.2 Å². The van der Waals surface area contributed by atoms with Crippen molar-refractivity contribution in [3.05, 3.63) is 128 Å². The molecule has 0 unspecified atom stereocenters. The van der Waals surface area contributed by atoms with Gasteiger partial charge < -0.3 is 37.2 Å². The number of hydrogen-bond donors (Lipinski definition) is 0. The topological polar surface area (TPSA) is 0 Å². The van der Waals surface area contributed by atoms with Crippen LogP contribution in [0.1, 0.15) is 77.3 Å². The fourth-order valence-corrected chi connectivity index (χ4v) is 10.7. The van der Waals surface area contributed by atoms with Gasteiger partial charge in [0.25, 0.3) is 0 Å². The van der Waals surface area contributed by atoms with Crippen LogP contribution in [-0.4, -0.2) is 8.07 Å². The average Bonchev–Trinajstić information content (AvgIpc) is 3.30. The van der Waals surface area contributed by atoms with Crippen LogP contribution in [-0.2, 0) is 27.1 Å². The molecule has 0 nitrogen and oxygen atoms in total. The normalized spacial score (nSPS) is 12.7. The number of rotatable bonds is 8. The van der Waals surface area contributed by atoms with E-state index in [0.29, 0.717) is 0 Å². The standard InChI is InChI=1S/C36H45Si.3ClH.Ti/c1-10-37(11-2,12-3)35-14-13-31(24-35)36(32-18-25(4)15-26(5)19-32,33-20-27(6)16-28(7)21-33)34-22-29(8)17-30(9)23-34;;;;/h13,15-23H,10-12,14H2,1-9H3;3*1H;/q-1;;;;+4/p-3. The van der Waals surface area contributed by atoms with Crippen LogP contribution in [0.5, 0.6) is 0 Å². The van der Waals surface area contributed by atoms with E-state index in [1.165, 1.54) is 73.8 Å². The second-order valence-electron chi connectivity index (χ2n) is 11.6. The Bertz CT molecular complexity index is 1190. The van der Waals surface area contributed by atoms with E-state index in [1.807, 2.05) is 0 Å². The molecule has 218 valence electrons. The maximum atomic E-state index is 4.18. The van der Waals surface area contributed by atoms with E-state index in [9.17, 15) is 0 Å². The van der Waals surface area contributed by atoms with E-state index in [2.05, 4.69) is 129 Å². The van der Waals surface area contributed by atoms with Crippen LogP contribution in [0.25, 0.3) is 0 Å². The molecule has 41 heavy (non-hydrogen) atoms. The molecular weight excluding hydrogens is 615 g/mol. The minimum Gasteiger partial charge on any atom is -1.00 e. The number of halogens is 3. The fourth-order valence-electron chi connectivity index (χ4n) is 6.99. The monoisotopic (exact) mass is 658 g/mol. The Morgan fingerprint density at radius 2 is 0.854 bits per heavy atom. The summed E-state index contributed by atoms with van der Waals surface area (Å²) in [7, 11) is -1.52. The second-order valence-corrected chi connectivity index (χ2v) is 16.9. The van der Waals surface area contributed by atoms with E-state index >= 15 is 0 Å². The van der Waals surface area contributed by atoms with Gasteiger partial charge in [0.05, 0.1) is 8.07 Å². The Hall–Kier alpha value is -1.06. The number of allylic oxidation sites excluding steroid dienone is 4. The molecule has 0 aromatic heterocycles. The van der Waals surface area contributed by atoms with Crippen LogP contribution in [0, 0.1) is 47.6 Å². The molecule has 0 radical (unpaired) electrons. The zero-order valence-electron chi connectivity index (χ0n) is 26.2. The average molecular weight is 660 g/mol. The maximum Gasteiger partial charge on any atom is 4.00 e. The van der Waals surface area contributed by atoms with Crippen LogP contribution in [0.2, 0.25) is 18.1 Å². The molecule has 0 spiro atoms. The van der Waals surface area contributed by atoms with Crippen molar-refractivity contribution in [2.45, 2.75) is 92.3 Å². The van der Waals surface area contributed by atoms with Gasteiger partial charge in [0.15, 0.2) is 0 Å². The van der Waals surface area contributed by atoms with Gasteiger partial charge in [-0.2, -0.15) is 5.20 Å². The zero-order chi connectivity index (χ0) is 27.0. The number of hydrogen-bond acceptors (Lipinski definition) is 0. The van der Waals surface area contributed by atoms with Crippen LogP contribution in [0.3, 0.4) is 0 Å². The molecular formula is C36H45Cl3SiTi. The summed E-state index contributed by atoms with van der Waals surface area (Å²) in [5, 5.41) is 1.62. The summed E-state index contributed by atoms with van der Waals surface area (Å²) >= 11 is 0. The van der Waals surface area contributed by atoms with Gasteiger partial charge in [0.2, 0.25) is 0 Å². The summed E-state index contributed by atoms with van der Waals surface area (Å²) < 4.78 is 0. The smallest absolute Gasteiger partial charge is 1.00 e. The van der Waals surface area contributed by atoms with Crippen molar-refractivity contribution < 1.29 is 58.9 Å². The first-order chi connectivity index (χ1) is 17.6. The maximum absolute atomic E-state index is 4.18. The van der Waals surface area contributed by atoms with Crippen molar-refractivity contribution in [2.24, 2.45) is 0 Å². The predicted molar refractivity (Wildman–Crippen MR) is 164 cm³/mol. The molecule has 0 atom stereocenters. The second kappa shape index (κ2) is 16.1. The molecule has 0 amide bonds. The quantitative estimate of drug-likeness (QED) is 0.192. The van der Waals surface area contributed by atoms with E-state index in [1.54, 1.807) is 5.20 Å².